The number of nitro benzene ring substituents is 1. The van der Waals surface area contributed by atoms with Crippen molar-refractivity contribution in [2.75, 3.05) is 31.1 Å². The summed E-state index contributed by atoms with van der Waals surface area (Å²) in [6.07, 6.45) is 0. The molecule has 2 heterocycles. The van der Waals surface area contributed by atoms with Gasteiger partial charge in [0.1, 0.15) is 5.69 Å². The Bertz CT molecular complexity index is 1210. The molecular weight excluding hydrogens is 408 g/mol. The van der Waals surface area contributed by atoms with Crippen molar-refractivity contribution in [3.63, 3.8) is 0 Å². The highest BCUT2D eigenvalue weighted by atomic mass is 16.6. The van der Waals surface area contributed by atoms with E-state index in [2.05, 4.69) is 5.32 Å². The van der Waals surface area contributed by atoms with Gasteiger partial charge in [0.25, 0.3) is 5.69 Å². The first-order valence-corrected chi connectivity index (χ1v) is 10.3. The predicted molar refractivity (Wildman–Crippen MR) is 123 cm³/mol. The largest absolute Gasteiger partial charge is 0.493 e. The number of hydrazone groups is 1. The topological polar surface area (TPSA) is 89.2 Å². The zero-order chi connectivity index (χ0) is 22.2. The number of nitrogens with one attached hydrogen (secondary N) is 1. The number of para-hydroxylation sites is 2. The van der Waals surface area contributed by atoms with Gasteiger partial charge in [-0.25, -0.2) is 0 Å². The Balaban J connectivity index is 1.65. The monoisotopic (exact) mass is 430 g/mol. The molecule has 8 nitrogen and oxygen atoms in total. The molecule has 2 unspecified atom stereocenters. The fourth-order valence-electron chi connectivity index (χ4n) is 4.55. The standard InChI is InChI=1S/C24H22N4O4/c1-31-20-12-11-15(13-21(20)32-2)24-18-14-25-23-17(9-6-10-19(23)28(29)30)22(18)26-27(24)16-7-4-3-5-8-16/h3-13,18,24-25H,14H2,1-2H3. The molecule has 0 amide bonds. The van der Waals surface area contributed by atoms with Gasteiger partial charge in [-0.1, -0.05) is 36.4 Å². The number of ether oxygens (including phenoxy) is 2. The number of fused-ring (bicyclic) bond motifs is 3. The van der Waals surface area contributed by atoms with Crippen molar-refractivity contribution in [2.24, 2.45) is 11.0 Å². The Morgan fingerprint density at radius 1 is 1.03 bits per heavy atom. The van der Waals surface area contributed by atoms with Crippen LogP contribution in [0, 0.1) is 16.0 Å². The number of nitrogens with zero attached hydrogens (tertiary/aromatic N) is 3. The van der Waals surface area contributed by atoms with Crippen molar-refractivity contribution < 1.29 is 14.4 Å². The fraction of sp³-hybridized carbons (Fsp3) is 0.208. The van der Waals surface area contributed by atoms with Gasteiger partial charge in [-0.3, -0.25) is 15.1 Å². The van der Waals surface area contributed by atoms with Crippen molar-refractivity contribution in [3.05, 3.63) is 88.0 Å². The van der Waals surface area contributed by atoms with Gasteiger partial charge >= 0.3 is 0 Å². The van der Waals surface area contributed by atoms with E-state index in [0.29, 0.717) is 23.7 Å². The molecule has 5 rings (SSSR count). The minimum atomic E-state index is -0.359. The van der Waals surface area contributed by atoms with Gasteiger partial charge in [-0.05, 0) is 29.8 Å². The van der Waals surface area contributed by atoms with E-state index in [-0.39, 0.29) is 22.6 Å². The number of rotatable bonds is 5. The van der Waals surface area contributed by atoms with Crippen LogP contribution in [0.25, 0.3) is 0 Å². The van der Waals surface area contributed by atoms with Crippen molar-refractivity contribution in [1.29, 1.82) is 0 Å². The van der Waals surface area contributed by atoms with E-state index in [1.165, 1.54) is 6.07 Å². The number of benzene rings is 3. The second-order valence-electron chi connectivity index (χ2n) is 7.67. The number of anilines is 2. The summed E-state index contributed by atoms with van der Waals surface area (Å²) in [4.78, 5) is 11.2. The van der Waals surface area contributed by atoms with Crippen LogP contribution in [-0.4, -0.2) is 31.4 Å². The van der Waals surface area contributed by atoms with Gasteiger partial charge in [0, 0.05) is 24.1 Å². The van der Waals surface area contributed by atoms with Gasteiger partial charge in [0.15, 0.2) is 11.5 Å². The molecule has 0 radical (unpaired) electrons. The molecule has 1 N–H and O–H groups in total. The first-order chi connectivity index (χ1) is 15.6. The molecule has 3 aromatic carbocycles. The summed E-state index contributed by atoms with van der Waals surface area (Å²) >= 11 is 0. The maximum Gasteiger partial charge on any atom is 0.293 e. The zero-order valence-electron chi connectivity index (χ0n) is 17.7. The van der Waals surface area contributed by atoms with Crippen LogP contribution < -0.4 is 19.8 Å². The van der Waals surface area contributed by atoms with E-state index >= 15 is 0 Å². The number of hydrogen-bond donors (Lipinski definition) is 1. The lowest BCUT2D eigenvalue weighted by atomic mass is 9.83. The Morgan fingerprint density at radius 3 is 2.53 bits per heavy atom. The SMILES string of the molecule is COc1ccc(C2C3CNc4c(cccc4[N+](=O)[O-])C3=NN2c2ccccc2)cc1OC. The summed E-state index contributed by atoms with van der Waals surface area (Å²) in [5, 5.41) is 21.8. The van der Waals surface area contributed by atoms with Crippen molar-refractivity contribution in [1.82, 2.24) is 0 Å². The van der Waals surface area contributed by atoms with Gasteiger partial charge in [0.05, 0.1) is 36.6 Å². The Morgan fingerprint density at radius 2 is 1.81 bits per heavy atom. The third-order valence-electron chi connectivity index (χ3n) is 6.00. The molecule has 32 heavy (non-hydrogen) atoms. The molecule has 0 aliphatic carbocycles. The van der Waals surface area contributed by atoms with Crippen LogP contribution in [-0.2, 0) is 0 Å². The van der Waals surface area contributed by atoms with Gasteiger partial charge in [-0.15, -0.1) is 0 Å². The van der Waals surface area contributed by atoms with Crippen LogP contribution in [0.15, 0.2) is 71.8 Å². The number of methoxy groups -OCH3 is 2. The van der Waals surface area contributed by atoms with Crippen LogP contribution >= 0.6 is 0 Å². The molecule has 0 saturated carbocycles. The van der Waals surface area contributed by atoms with Crippen LogP contribution in [0.5, 0.6) is 11.5 Å². The van der Waals surface area contributed by atoms with Crippen molar-refractivity contribution >= 4 is 22.8 Å². The average Bonchev–Trinajstić information content (AvgIpc) is 3.23. The Hall–Kier alpha value is -4.07. The van der Waals surface area contributed by atoms with E-state index < -0.39 is 0 Å². The molecule has 0 fully saturated rings. The molecular formula is C24H22N4O4. The number of nitro groups is 1. The first kappa shape index (κ1) is 19.9. The highest BCUT2D eigenvalue weighted by Crippen LogP contribution is 2.46. The van der Waals surface area contributed by atoms with Crippen LogP contribution in [0.3, 0.4) is 0 Å². The molecule has 0 aromatic heterocycles. The summed E-state index contributed by atoms with van der Waals surface area (Å²) in [7, 11) is 3.23. The molecule has 0 spiro atoms. The molecule has 2 aliphatic heterocycles. The van der Waals surface area contributed by atoms with Gasteiger partial charge in [0.2, 0.25) is 0 Å². The lowest BCUT2D eigenvalue weighted by Crippen LogP contribution is -2.34. The predicted octanol–water partition coefficient (Wildman–Crippen LogP) is 4.62. The average molecular weight is 430 g/mol. The lowest BCUT2D eigenvalue weighted by Gasteiger charge is -2.31. The summed E-state index contributed by atoms with van der Waals surface area (Å²) in [6, 6.07) is 20.8. The van der Waals surface area contributed by atoms with Crippen LogP contribution in [0.2, 0.25) is 0 Å². The van der Waals surface area contributed by atoms with E-state index in [1.807, 2.05) is 59.6 Å². The van der Waals surface area contributed by atoms with Crippen LogP contribution in [0.4, 0.5) is 17.1 Å². The highest BCUT2D eigenvalue weighted by Gasteiger charge is 2.43. The molecule has 162 valence electrons. The quantitative estimate of drug-likeness (QED) is 0.469. The molecule has 2 aliphatic rings. The molecule has 0 bridgehead atoms. The van der Waals surface area contributed by atoms with E-state index in [1.54, 1.807) is 20.3 Å². The molecule has 0 saturated heterocycles. The second-order valence-corrected chi connectivity index (χ2v) is 7.67. The fourth-order valence-corrected chi connectivity index (χ4v) is 4.55. The second kappa shape index (κ2) is 7.88. The van der Waals surface area contributed by atoms with Gasteiger partial charge in [-0.2, -0.15) is 5.10 Å². The molecule has 8 heteroatoms. The Kier molecular flexibility index (Phi) is 4.89. The molecule has 3 aromatic rings. The molecule has 2 atom stereocenters. The lowest BCUT2D eigenvalue weighted by molar-refractivity contribution is -0.384. The van der Waals surface area contributed by atoms with E-state index in [0.717, 1.165) is 22.5 Å². The number of hydrogen-bond acceptors (Lipinski definition) is 7. The van der Waals surface area contributed by atoms with Gasteiger partial charge < -0.3 is 14.8 Å². The van der Waals surface area contributed by atoms with Crippen molar-refractivity contribution in [2.45, 2.75) is 6.04 Å². The normalized spacial score (nSPS) is 18.8. The van der Waals surface area contributed by atoms with E-state index in [4.69, 9.17) is 14.6 Å². The maximum atomic E-state index is 11.6. The maximum absolute atomic E-state index is 11.6. The third-order valence-corrected chi connectivity index (χ3v) is 6.00. The minimum Gasteiger partial charge on any atom is -0.493 e. The summed E-state index contributed by atoms with van der Waals surface area (Å²) in [6.45, 7) is 0.527. The van der Waals surface area contributed by atoms with Crippen LogP contribution in [0.1, 0.15) is 17.2 Å². The zero-order valence-corrected chi connectivity index (χ0v) is 17.7. The van der Waals surface area contributed by atoms with Crippen molar-refractivity contribution in [3.8, 4) is 11.5 Å². The smallest absolute Gasteiger partial charge is 0.293 e. The third kappa shape index (κ3) is 3.11. The Labute approximate surface area is 185 Å². The highest BCUT2D eigenvalue weighted by molar-refractivity contribution is 6.12. The van der Waals surface area contributed by atoms with E-state index in [9.17, 15) is 10.1 Å². The first-order valence-electron chi connectivity index (χ1n) is 10.3. The summed E-state index contributed by atoms with van der Waals surface area (Å²) < 4.78 is 11.0. The minimum absolute atomic E-state index is 0.0113. The summed E-state index contributed by atoms with van der Waals surface area (Å²) in [5.41, 5.74) is 4.15. The summed E-state index contributed by atoms with van der Waals surface area (Å²) in [5.74, 6) is 1.29.